The first kappa shape index (κ1) is 13.1. The van der Waals surface area contributed by atoms with Crippen molar-refractivity contribution in [3.63, 3.8) is 0 Å². The van der Waals surface area contributed by atoms with E-state index in [0.717, 1.165) is 0 Å². The number of halogens is 1. The van der Waals surface area contributed by atoms with Crippen LogP contribution in [0, 0.1) is 0 Å². The van der Waals surface area contributed by atoms with Crippen LogP contribution in [-0.2, 0) is 4.74 Å². The zero-order valence-corrected chi connectivity index (χ0v) is 10.4. The van der Waals surface area contributed by atoms with Gasteiger partial charge in [0.25, 0.3) is 5.91 Å². The highest BCUT2D eigenvalue weighted by Crippen LogP contribution is 2.19. The predicted molar refractivity (Wildman–Crippen MR) is 66.4 cm³/mol. The van der Waals surface area contributed by atoms with Crippen molar-refractivity contribution in [2.75, 3.05) is 32.1 Å². The van der Waals surface area contributed by atoms with Crippen molar-refractivity contribution in [1.82, 2.24) is 9.88 Å². The van der Waals surface area contributed by atoms with Gasteiger partial charge in [-0.15, -0.1) is 0 Å². The van der Waals surface area contributed by atoms with Crippen LogP contribution in [-0.4, -0.2) is 53.3 Å². The number of amides is 1. The van der Waals surface area contributed by atoms with E-state index < -0.39 is 0 Å². The molecule has 1 aromatic rings. The molecule has 2 heterocycles. The summed E-state index contributed by atoms with van der Waals surface area (Å²) in [4.78, 5) is 17.8. The van der Waals surface area contributed by atoms with Gasteiger partial charge in [0.15, 0.2) is 0 Å². The summed E-state index contributed by atoms with van der Waals surface area (Å²) in [7, 11) is 0. The fourth-order valence-electron chi connectivity index (χ4n) is 1.82. The molecule has 7 heteroatoms. The van der Waals surface area contributed by atoms with E-state index in [-0.39, 0.29) is 35.1 Å². The zero-order valence-electron chi connectivity index (χ0n) is 9.67. The van der Waals surface area contributed by atoms with E-state index in [1.54, 1.807) is 0 Å². The second kappa shape index (κ2) is 5.51. The number of morpholine rings is 1. The minimum Gasteiger partial charge on any atom is -0.394 e. The van der Waals surface area contributed by atoms with E-state index in [2.05, 4.69) is 4.98 Å². The normalized spacial score (nSPS) is 19.9. The zero-order chi connectivity index (χ0) is 13.1. The highest BCUT2D eigenvalue weighted by Gasteiger charge is 2.29. The van der Waals surface area contributed by atoms with Crippen molar-refractivity contribution < 1.29 is 14.6 Å². The lowest BCUT2D eigenvalue weighted by Gasteiger charge is -2.34. The number of aliphatic hydroxyl groups excluding tert-OH is 1. The number of aromatic nitrogens is 1. The van der Waals surface area contributed by atoms with Gasteiger partial charge in [-0.25, -0.2) is 4.98 Å². The second-order valence-corrected chi connectivity index (χ2v) is 4.38. The third-order valence-electron chi connectivity index (χ3n) is 2.77. The first-order valence-corrected chi connectivity index (χ1v) is 5.93. The monoisotopic (exact) mass is 271 g/mol. The molecule has 1 aliphatic heterocycles. The largest absolute Gasteiger partial charge is 0.394 e. The molecule has 0 spiro atoms. The molecule has 1 saturated heterocycles. The molecule has 1 fully saturated rings. The first-order chi connectivity index (χ1) is 8.63. The average molecular weight is 272 g/mol. The third-order valence-corrected chi connectivity index (χ3v) is 3.07. The number of carbonyl (C=O) groups excluding carboxylic acids is 1. The lowest BCUT2D eigenvalue weighted by Crippen LogP contribution is -2.50. The minimum absolute atomic E-state index is 0.108. The number of hydrogen-bond acceptors (Lipinski definition) is 5. The Morgan fingerprint density at radius 3 is 3.17 bits per heavy atom. The van der Waals surface area contributed by atoms with E-state index in [1.807, 2.05) is 0 Å². The summed E-state index contributed by atoms with van der Waals surface area (Å²) in [5.41, 5.74) is 5.66. The summed E-state index contributed by atoms with van der Waals surface area (Å²) >= 11 is 5.94. The number of nitrogen functional groups attached to an aromatic ring is 1. The van der Waals surface area contributed by atoms with Crippen LogP contribution in [0.2, 0.25) is 5.02 Å². The molecule has 1 aromatic heterocycles. The van der Waals surface area contributed by atoms with Crippen molar-refractivity contribution >= 4 is 23.3 Å². The molecule has 0 radical (unpaired) electrons. The number of anilines is 1. The molecule has 1 unspecified atom stereocenters. The molecule has 1 amide bonds. The maximum Gasteiger partial charge on any atom is 0.274 e. The van der Waals surface area contributed by atoms with E-state index in [0.29, 0.717) is 19.8 Å². The minimum atomic E-state index is -0.370. The summed E-state index contributed by atoms with van der Waals surface area (Å²) in [6, 6.07) is 2.69. The van der Waals surface area contributed by atoms with Crippen molar-refractivity contribution in [3.05, 3.63) is 22.8 Å². The number of pyridine rings is 1. The topological polar surface area (TPSA) is 88.7 Å². The van der Waals surface area contributed by atoms with Gasteiger partial charge in [-0.1, -0.05) is 11.6 Å². The van der Waals surface area contributed by atoms with Crippen LogP contribution in [0.25, 0.3) is 0 Å². The lowest BCUT2D eigenvalue weighted by molar-refractivity contribution is -0.0186. The van der Waals surface area contributed by atoms with Crippen LogP contribution in [0.4, 0.5) is 5.82 Å². The van der Waals surface area contributed by atoms with Gasteiger partial charge in [0.2, 0.25) is 0 Å². The standard InChI is InChI=1S/C11H14ClN3O3/c12-8-1-2-9(13)14-10(8)11(17)15-3-4-18-6-7(15)5-16/h1-2,7,16H,3-6H2,(H2,13,14). The Kier molecular flexibility index (Phi) is 4.00. The Morgan fingerprint density at radius 1 is 1.67 bits per heavy atom. The summed E-state index contributed by atoms with van der Waals surface area (Å²) in [5, 5.41) is 9.48. The third kappa shape index (κ3) is 2.55. The number of hydrogen-bond donors (Lipinski definition) is 2. The van der Waals surface area contributed by atoms with Gasteiger partial charge in [-0.2, -0.15) is 0 Å². The fraction of sp³-hybridized carbons (Fsp3) is 0.455. The molecular formula is C11H14ClN3O3. The number of aliphatic hydroxyl groups is 1. The molecule has 98 valence electrons. The summed E-state index contributed by atoms with van der Waals surface area (Å²) in [6.07, 6.45) is 0. The first-order valence-electron chi connectivity index (χ1n) is 5.55. The van der Waals surface area contributed by atoms with E-state index >= 15 is 0 Å². The molecular weight excluding hydrogens is 258 g/mol. The van der Waals surface area contributed by atoms with E-state index in [1.165, 1.54) is 17.0 Å². The molecule has 0 aromatic carbocycles. The Labute approximate surface area is 109 Å². The summed E-state index contributed by atoms with van der Waals surface area (Å²) in [5.74, 6) is -0.105. The van der Waals surface area contributed by atoms with Crippen LogP contribution in [0.3, 0.4) is 0 Å². The van der Waals surface area contributed by atoms with Gasteiger partial charge in [0.05, 0.1) is 30.9 Å². The van der Waals surface area contributed by atoms with Crippen molar-refractivity contribution in [2.45, 2.75) is 6.04 Å². The Hall–Kier alpha value is -1.37. The van der Waals surface area contributed by atoms with Crippen molar-refractivity contribution in [1.29, 1.82) is 0 Å². The predicted octanol–water partition coefficient (Wildman–Crippen LogP) is 0.150. The van der Waals surface area contributed by atoms with E-state index in [4.69, 9.17) is 22.1 Å². The summed E-state index contributed by atoms with van der Waals surface area (Å²) < 4.78 is 5.21. The van der Waals surface area contributed by atoms with Crippen LogP contribution in [0.1, 0.15) is 10.5 Å². The number of carbonyl (C=O) groups is 1. The van der Waals surface area contributed by atoms with Gasteiger partial charge in [-0.3, -0.25) is 4.79 Å². The van der Waals surface area contributed by atoms with Gasteiger partial charge < -0.3 is 20.5 Å². The highest BCUT2D eigenvalue weighted by molar-refractivity contribution is 6.33. The Balaban J connectivity index is 2.26. The molecule has 0 aliphatic carbocycles. The quantitative estimate of drug-likeness (QED) is 0.799. The van der Waals surface area contributed by atoms with Crippen molar-refractivity contribution in [3.8, 4) is 0 Å². The highest BCUT2D eigenvalue weighted by atomic mass is 35.5. The molecule has 0 bridgehead atoms. The van der Waals surface area contributed by atoms with Gasteiger partial charge in [0.1, 0.15) is 11.5 Å². The molecule has 1 aliphatic rings. The van der Waals surface area contributed by atoms with Crippen LogP contribution in [0.15, 0.2) is 12.1 Å². The average Bonchev–Trinajstić information content (AvgIpc) is 2.40. The molecule has 2 rings (SSSR count). The number of nitrogens with two attached hydrogens (primary N) is 1. The molecule has 18 heavy (non-hydrogen) atoms. The number of nitrogens with zero attached hydrogens (tertiary/aromatic N) is 2. The van der Waals surface area contributed by atoms with Crippen LogP contribution >= 0.6 is 11.6 Å². The SMILES string of the molecule is Nc1ccc(Cl)c(C(=O)N2CCOCC2CO)n1. The van der Waals surface area contributed by atoms with Gasteiger partial charge in [0, 0.05) is 6.54 Å². The Bertz CT molecular complexity index is 455. The van der Waals surface area contributed by atoms with Gasteiger partial charge >= 0.3 is 0 Å². The van der Waals surface area contributed by atoms with E-state index in [9.17, 15) is 9.90 Å². The van der Waals surface area contributed by atoms with Crippen LogP contribution in [0.5, 0.6) is 0 Å². The molecule has 3 N–H and O–H groups in total. The van der Waals surface area contributed by atoms with Crippen LogP contribution < -0.4 is 5.73 Å². The summed E-state index contributed by atoms with van der Waals surface area (Å²) in [6.45, 7) is 0.979. The Morgan fingerprint density at radius 2 is 2.44 bits per heavy atom. The maximum absolute atomic E-state index is 12.3. The molecule has 1 atom stereocenters. The van der Waals surface area contributed by atoms with Gasteiger partial charge in [-0.05, 0) is 12.1 Å². The molecule has 0 saturated carbocycles. The molecule has 6 nitrogen and oxygen atoms in total. The smallest absolute Gasteiger partial charge is 0.274 e. The number of ether oxygens (including phenoxy) is 1. The fourth-order valence-corrected chi connectivity index (χ4v) is 2.00. The lowest BCUT2D eigenvalue weighted by atomic mass is 10.2. The number of rotatable bonds is 2. The maximum atomic E-state index is 12.3. The second-order valence-electron chi connectivity index (χ2n) is 3.98. The van der Waals surface area contributed by atoms with Crippen molar-refractivity contribution in [2.24, 2.45) is 0 Å².